The number of hydrogen-bond acceptors (Lipinski definition) is 3. The van der Waals surface area contributed by atoms with Crippen molar-refractivity contribution in [1.82, 2.24) is 15.1 Å². The molecule has 0 aliphatic rings. The first-order valence-electron chi connectivity index (χ1n) is 9.36. The van der Waals surface area contributed by atoms with Gasteiger partial charge in [-0.2, -0.15) is 5.10 Å². The third-order valence-corrected chi connectivity index (χ3v) is 4.86. The molecule has 1 heterocycles. The minimum atomic E-state index is -0.563. The van der Waals surface area contributed by atoms with Crippen molar-refractivity contribution < 1.29 is 9.53 Å². The predicted octanol–water partition coefficient (Wildman–Crippen LogP) is 4.22. The van der Waals surface area contributed by atoms with Gasteiger partial charge in [-0.15, -0.1) is 0 Å². The van der Waals surface area contributed by atoms with Crippen molar-refractivity contribution in [2.75, 3.05) is 7.11 Å². The van der Waals surface area contributed by atoms with E-state index in [1.807, 2.05) is 80.9 Å². The molecule has 3 aromatic rings. The Kier molecular flexibility index (Phi) is 5.54. The van der Waals surface area contributed by atoms with Crippen molar-refractivity contribution >= 4 is 5.91 Å². The molecule has 0 spiro atoms. The second-order valence-corrected chi connectivity index (χ2v) is 7.56. The smallest absolute Gasteiger partial charge is 0.251 e. The number of aryl methyl sites for hydroxylation is 2. The standard InChI is InChI=1S/C23H27N3O2/c1-16-14-17(2)26(25-16)15-18-10-12-19(13-11-18)22(27)24-23(3,4)20-8-6-7-9-21(20)28-5/h6-14H,15H2,1-5H3,(H,24,27). The summed E-state index contributed by atoms with van der Waals surface area (Å²) in [6.07, 6.45) is 0. The Labute approximate surface area is 166 Å². The van der Waals surface area contributed by atoms with Gasteiger partial charge in [-0.1, -0.05) is 30.3 Å². The van der Waals surface area contributed by atoms with Crippen LogP contribution in [-0.4, -0.2) is 22.8 Å². The van der Waals surface area contributed by atoms with E-state index in [1.165, 1.54) is 0 Å². The van der Waals surface area contributed by atoms with Crippen LogP contribution in [0.25, 0.3) is 0 Å². The van der Waals surface area contributed by atoms with E-state index in [9.17, 15) is 4.79 Å². The highest BCUT2D eigenvalue weighted by molar-refractivity contribution is 5.94. The van der Waals surface area contributed by atoms with Crippen molar-refractivity contribution in [3.05, 3.63) is 82.7 Å². The average Bonchev–Trinajstić information content (AvgIpc) is 2.98. The quantitative estimate of drug-likeness (QED) is 0.700. The number of hydrogen-bond donors (Lipinski definition) is 1. The van der Waals surface area contributed by atoms with Crippen LogP contribution in [0.1, 0.15) is 46.7 Å². The first-order valence-corrected chi connectivity index (χ1v) is 9.36. The summed E-state index contributed by atoms with van der Waals surface area (Å²) in [7, 11) is 1.64. The van der Waals surface area contributed by atoms with Gasteiger partial charge in [0, 0.05) is 16.8 Å². The van der Waals surface area contributed by atoms with E-state index in [1.54, 1.807) is 7.11 Å². The maximum Gasteiger partial charge on any atom is 0.251 e. The highest BCUT2D eigenvalue weighted by Gasteiger charge is 2.26. The number of rotatable bonds is 6. The second-order valence-electron chi connectivity index (χ2n) is 7.56. The molecule has 1 amide bonds. The Morgan fingerprint density at radius 1 is 1.11 bits per heavy atom. The summed E-state index contributed by atoms with van der Waals surface area (Å²) in [5, 5.41) is 7.60. The van der Waals surface area contributed by atoms with Gasteiger partial charge in [-0.25, -0.2) is 0 Å². The summed E-state index contributed by atoms with van der Waals surface area (Å²) in [5.74, 6) is 0.640. The van der Waals surface area contributed by atoms with Crippen LogP contribution in [0, 0.1) is 13.8 Å². The van der Waals surface area contributed by atoms with Gasteiger partial charge in [0.1, 0.15) is 5.75 Å². The molecule has 146 valence electrons. The fourth-order valence-electron chi connectivity index (χ4n) is 3.35. The molecule has 0 saturated heterocycles. The molecule has 0 unspecified atom stereocenters. The maximum absolute atomic E-state index is 12.8. The van der Waals surface area contributed by atoms with Gasteiger partial charge in [0.15, 0.2) is 0 Å². The van der Waals surface area contributed by atoms with Crippen LogP contribution in [-0.2, 0) is 12.1 Å². The fraction of sp³-hybridized carbons (Fsp3) is 0.304. The Bertz CT molecular complexity index is 972. The summed E-state index contributed by atoms with van der Waals surface area (Å²) in [4.78, 5) is 12.8. The van der Waals surface area contributed by atoms with Crippen molar-refractivity contribution in [3.8, 4) is 5.75 Å². The Morgan fingerprint density at radius 2 is 1.79 bits per heavy atom. The molecule has 5 heteroatoms. The van der Waals surface area contributed by atoms with E-state index in [-0.39, 0.29) is 5.91 Å². The van der Waals surface area contributed by atoms with Gasteiger partial charge in [-0.3, -0.25) is 9.48 Å². The van der Waals surface area contributed by atoms with E-state index >= 15 is 0 Å². The lowest BCUT2D eigenvalue weighted by atomic mass is 9.92. The first kappa shape index (κ1) is 19.7. The van der Waals surface area contributed by atoms with E-state index in [0.29, 0.717) is 12.1 Å². The number of para-hydroxylation sites is 1. The molecule has 0 bridgehead atoms. The number of amides is 1. The summed E-state index contributed by atoms with van der Waals surface area (Å²) in [6, 6.07) is 17.4. The van der Waals surface area contributed by atoms with Gasteiger partial charge in [-0.05, 0) is 57.5 Å². The molecule has 3 rings (SSSR count). The molecule has 1 aromatic heterocycles. The molecule has 0 saturated carbocycles. The van der Waals surface area contributed by atoms with Crippen LogP contribution in [0.5, 0.6) is 5.75 Å². The van der Waals surface area contributed by atoms with Crippen LogP contribution in [0.15, 0.2) is 54.6 Å². The lowest BCUT2D eigenvalue weighted by molar-refractivity contribution is 0.0911. The van der Waals surface area contributed by atoms with Crippen molar-refractivity contribution in [3.63, 3.8) is 0 Å². The summed E-state index contributed by atoms with van der Waals surface area (Å²) in [6.45, 7) is 8.66. The minimum absolute atomic E-state index is 0.117. The molecule has 0 aliphatic heterocycles. The molecule has 0 aliphatic carbocycles. The van der Waals surface area contributed by atoms with Crippen molar-refractivity contribution in [1.29, 1.82) is 0 Å². The van der Waals surface area contributed by atoms with Crippen LogP contribution >= 0.6 is 0 Å². The molecule has 2 aromatic carbocycles. The topological polar surface area (TPSA) is 56.1 Å². The van der Waals surface area contributed by atoms with Gasteiger partial charge in [0.2, 0.25) is 0 Å². The largest absolute Gasteiger partial charge is 0.496 e. The highest BCUT2D eigenvalue weighted by atomic mass is 16.5. The number of nitrogens with one attached hydrogen (secondary N) is 1. The van der Waals surface area contributed by atoms with Crippen LogP contribution < -0.4 is 10.1 Å². The number of methoxy groups -OCH3 is 1. The van der Waals surface area contributed by atoms with E-state index in [2.05, 4.69) is 16.5 Å². The third kappa shape index (κ3) is 4.25. The van der Waals surface area contributed by atoms with Crippen LogP contribution in [0.4, 0.5) is 0 Å². The summed E-state index contributed by atoms with van der Waals surface area (Å²) < 4.78 is 7.41. The molecular weight excluding hydrogens is 350 g/mol. The van der Waals surface area contributed by atoms with Crippen LogP contribution in [0.2, 0.25) is 0 Å². The van der Waals surface area contributed by atoms with Gasteiger partial charge in [0.05, 0.1) is 24.9 Å². The van der Waals surface area contributed by atoms with Crippen molar-refractivity contribution in [2.24, 2.45) is 0 Å². The summed E-state index contributed by atoms with van der Waals surface area (Å²) >= 11 is 0. The molecule has 0 radical (unpaired) electrons. The zero-order valence-electron chi connectivity index (χ0n) is 17.1. The molecule has 0 atom stereocenters. The number of ether oxygens (including phenoxy) is 1. The Balaban J connectivity index is 1.73. The molecular formula is C23H27N3O2. The zero-order valence-corrected chi connectivity index (χ0v) is 17.1. The normalized spacial score (nSPS) is 11.3. The molecule has 0 fully saturated rings. The number of carbonyl (C=O) groups excluding carboxylic acids is 1. The number of carbonyl (C=O) groups is 1. The van der Waals surface area contributed by atoms with E-state index in [0.717, 1.165) is 28.3 Å². The second kappa shape index (κ2) is 7.89. The predicted molar refractivity (Wildman–Crippen MR) is 111 cm³/mol. The number of aromatic nitrogens is 2. The van der Waals surface area contributed by atoms with Crippen molar-refractivity contribution in [2.45, 2.75) is 39.8 Å². The monoisotopic (exact) mass is 377 g/mol. The fourth-order valence-corrected chi connectivity index (χ4v) is 3.35. The third-order valence-electron chi connectivity index (χ3n) is 4.86. The Morgan fingerprint density at radius 3 is 2.39 bits per heavy atom. The van der Waals surface area contributed by atoms with E-state index < -0.39 is 5.54 Å². The van der Waals surface area contributed by atoms with Gasteiger partial charge < -0.3 is 10.1 Å². The summed E-state index contributed by atoms with van der Waals surface area (Å²) in [5.41, 5.74) is 4.23. The van der Waals surface area contributed by atoms with Crippen LogP contribution in [0.3, 0.4) is 0 Å². The molecule has 1 N–H and O–H groups in total. The number of nitrogens with zero attached hydrogens (tertiary/aromatic N) is 2. The first-order chi connectivity index (χ1) is 13.3. The maximum atomic E-state index is 12.8. The molecule has 5 nitrogen and oxygen atoms in total. The molecule has 28 heavy (non-hydrogen) atoms. The zero-order chi connectivity index (χ0) is 20.3. The average molecular weight is 377 g/mol. The van der Waals surface area contributed by atoms with E-state index in [4.69, 9.17) is 4.74 Å². The lowest BCUT2D eigenvalue weighted by Gasteiger charge is -2.28. The number of benzene rings is 2. The Hall–Kier alpha value is -3.08. The lowest BCUT2D eigenvalue weighted by Crippen LogP contribution is -2.41. The SMILES string of the molecule is COc1ccccc1C(C)(C)NC(=O)c1ccc(Cn2nc(C)cc2C)cc1. The van der Waals surface area contributed by atoms with Gasteiger partial charge >= 0.3 is 0 Å². The highest BCUT2D eigenvalue weighted by Crippen LogP contribution is 2.29. The van der Waals surface area contributed by atoms with Gasteiger partial charge in [0.25, 0.3) is 5.91 Å². The minimum Gasteiger partial charge on any atom is -0.496 e.